The van der Waals surface area contributed by atoms with Crippen molar-refractivity contribution in [1.82, 2.24) is 14.5 Å². The van der Waals surface area contributed by atoms with Gasteiger partial charge in [-0.05, 0) is 95.1 Å². The Balaban J connectivity index is 0.923. The van der Waals surface area contributed by atoms with E-state index in [1.807, 2.05) is 6.07 Å². The standard InChI is InChI=1S/C58H38N4O/c1-4-15-37(16-5-1)49-36-50(38-17-6-2-7-18-38)60-58(59-49)46-23-14-26-55-57(46)45-30-29-42(35-56(45)63-55)62-52-25-13-11-22-44(52)48-34-40(28-32-54(48)62)39-27-31-53-47(33-39)43-21-10-12-24-51(43)61(53)41-19-8-3-9-20-41/h1-36,49H,(H,59,60). The maximum atomic E-state index is 6.73. The molecule has 0 aliphatic carbocycles. The summed E-state index contributed by atoms with van der Waals surface area (Å²) < 4.78 is 11.5. The summed E-state index contributed by atoms with van der Waals surface area (Å²) in [5.74, 6) is 0.821. The van der Waals surface area contributed by atoms with E-state index in [4.69, 9.17) is 9.41 Å². The van der Waals surface area contributed by atoms with Crippen molar-refractivity contribution in [2.75, 3.05) is 0 Å². The Labute approximate surface area is 363 Å². The average Bonchev–Trinajstić information content (AvgIpc) is 4.01. The van der Waals surface area contributed by atoms with Crippen LogP contribution in [0.3, 0.4) is 0 Å². The first-order chi connectivity index (χ1) is 31.2. The van der Waals surface area contributed by atoms with E-state index >= 15 is 0 Å². The Morgan fingerprint density at radius 2 is 1.00 bits per heavy atom. The molecule has 4 heterocycles. The molecule has 5 nitrogen and oxygen atoms in total. The molecule has 1 atom stereocenters. The van der Waals surface area contributed by atoms with Crippen LogP contribution in [-0.2, 0) is 0 Å². The van der Waals surface area contributed by atoms with Crippen molar-refractivity contribution >= 4 is 77.1 Å². The number of nitrogens with one attached hydrogen (secondary N) is 1. The number of fused-ring (bicyclic) bond motifs is 9. The summed E-state index contributed by atoms with van der Waals surface area (Å²) in [4.78, 5) is 5.25. The fourth-order valence-corrected chi connectivity index (χ4v) is 9.87. The highest BCUT2D eigenvalue weighted by Crippen LogP contribution is 2.40. The lowest BCUT2D eigenvalue weighted by Crippen LogP contribution is -2.31. The van der Waals surface area contributed by atoms with Crippen molar-refractivity contribution in [2.24, 2.45) is 4.99 Å². The van der Waals surface area contributed by atoms with E-state index in [1.54, 1.807) is 0 Å². The van der Waals surface area contributed by atoms with E-state index < -0.39 is 0 Å². The molecule has 0 saturated carbocycles. The van der Waals surface area contributed by atoms with Gasteiger partial charge in [-0.15, -0.1) is 0 Å². The van der Waals surface area contributed by atoms with Crippen molar-refractivity contribution in [3.05, 3.63) is 235 Å². The lowest BCUT2D eigenvalue weighted by atomic mass is 9.99. The first-order valence-corrected chi connectivity index (χ1v) is 21.5. The summed E-state index contributed by atoms with van der Waals surface area (Å²) in [6.45, 7) is 0. The monoisotopic (exact) mass is 806 g/mol. The van der Waals surface area contributed by atoms with Crippen LogP contribution in [0, 0.1) is 0 Å². The highest BCUT2D eigenvalue weighted by molar-refractivity contribution is 6.20. The van der Waals surface area contributed by atoms with Gasteiger partial charge < -0.3 is 18.9 Å². The lowest BCUT2D eigenvalue weighted by Gasteiger charge is -2.24. The zero-order valence-corrected chi connectivity index (χ0v) is 34.1. The minimum atomic E-state index is -0.0471. The van der Waals surface area contributed by atoms with Crippen LogP contribution in [0.2, 0.25) is 0 Å². The molecule has 1 N–H and O–H groups in total. The fourth-order valence-electron chi connectivity index (χ4n) is 9.87. The van der Waals surface area contributed by atoms with Gasteiger partial charge >= 0.3 is 0 Å². The van der Waals surface area contributed by atoms with Gasteiger partial charge in [-0.25, -0.2) is 4.99 Å². The number of benzene rings is 9. The quantitative estimate of drug-likeness (QED) is 0.182. The molecule has 0 fully saturated rings. The van der Waals surface area contributed by atoms with E-state index in [1.165, 1.54) is 49.3 Å². The molecule has 13 rings (SSSR count). The molecule has 0 radical (unpaired) electrons. The van der Waals surface area contributed by atoms with Gasteiger partial charge in [0, 0.05) is 55.3 Å². The van der Waals surface area contributed by atoms with Crippen molar-refractivity contribution < 1.29 is 4.42 Å². The average molecular weight is 807 g/mol. The maximum absolute atomic E-state index is 6.73. The topological polar surface area (TPSA) is 47.4 Å². The summed E-state index contributed by atoms with van der Waals surface area (Å²) in [7, 11) is 0. The Morgan fingerprint density at radius 3 is 1.68 bits per heavy atom. The Kier molecular flexibility index (Phi) is 7.90. The molecule has 5 heteroatoms. The van der Waals surface area contributed by atoms with Crippen LogP contribution in [0.25, 0.3) is 93.7 Å². The van der Waals surface area contributed by atoms with Crippen LogP contribution < -0.4 is 5.32 Å². The Bertz CT molecular complexity index is 3820. The number of para-hydroxylation sites is 3. The molecule has 9 aromatic carbocycles. The lowest BCUT2D eigenvalue weighted by molar-refractivity contribution is 0.668. The van der Waals surface area contributed by atoms with Crippen molar-refractivity contribution in [2.45, 2.75) is 6.04 Å². The van der Waals surface area contributed by atoms with Crippen molar-refractivity contribution in [3.8, 4) is 22.5 Å². The summed E-state index contributed by atoms with van der Waals surface area (Å²) in [5.41, 5.74) is 15.1. The molecule has 1 aliphatic heterocycles. The predicted molar refractivity (Wildman–Crippen MR) is 261 cm³/mol. The number of aromatic nitrogens is 2. The third-order valence-corrected chi connectivity index (χ3v) is 12.8. The zero-order valence-electron chi connectivity index (χ0n) is 34.1. The number of hydrogen-bond donors (Lipinski definition) is 1. The first-order valence-electron chi connectivity index (χ1n) is 21.5. The third kappa shape index (κ3) is 5.67. The van der Waals surface area contributed by atoms with Crippen LogP contribution in [-0.4, -0.2) is 15.0 Å². The molecule has 0 spiro atoms. The van der Waals surface area contributed by atoms with Crippen LogP contribution in [0.15, 0.2) is 228 Å². The number of hydrogen-bond acceptors (Lipinski definition) is 3. The van der Waals surface area contributed by atoms with Gasteiger partial charge in [0.15, 0.2) is 0 Å². The summed E-state index contributed by atoms with van der Waals surface area (Å²) in [6.07, 6.45) is 2.22. The number of amidine groups is 1. The van der Waals surface area contributed by atoms with Crippen LogP contribution >= 0.6 is 0 Å². The smallest absolute Gasteiger partial charge is 0.137 e. The number of nitrogens with zero attached hydrogens (tertiary/aromatic N) is 3. The van der Waals surface area contributed by atoms with Crippen LogP contribution in [0.1, 0.15) is 22.7 Å². The third-order valence-electron chi connectivity index (χ3n) is 12.8. The van der Waals surface area contributed by atoms with Crippen LogP contribution in [0.4, 0.5) is 0 Å². The second-order valence-corrected chi connectivity index (χ2v) is 16.4. The van der Waals surface area contributed by atoms with E-state index in [9.17, 15) is 0 Å². The number of furan rings is 1. The Hall–Kier alpha value is -8.41. The van der Waals surface area contributed by atoms with Gasteiger partial charge in [-0.3, -0.25) is 0 Å². The first kappa shape index (κ1) is 35.4. The van der Waals surface area contributed by atoms with Gasteiger partial charge in [-0.2, -0.15) is 0 Å². The summed E-state index contributed by atoms with van der Waals surface area (Å²) in [5, 5.41) is 10.8. The number of rotatable bonds is 6. The number of aliphatic imine (C=N–C) groups is 1. The minimum absolute atomic E-state index is 0.0471. The molecule has 1 unspecified atom stereocenters. The van der Waals surface area contributed by atoms with Gasteiger partial charge in [0.1, 0.15) is 17.0 Å². The van der Waals surface area contributed by atoms with E-state index in [0.717, 1.165) is 67.0 Å². The second kappa shape index (κ2) is 14.1. The summed E-state index contributed by atoms with van der Waals surface area (Å²) >= 11 is 0. The summed E-state index contributed by atoms with van der Waals surface area (Å²) in [6, 6.07) is 75.7. The Morgan fingerprint density at radius 1 is 0.413 bits per heavy atom. The molecule has 63 heavy (non-hydrogen) atoms. The highest BCUT2D eigenvalue weighted by Gasteiger charge is 2.24. The fraction of sp³-hybridized carbons (Fsp3) is 0.0172. The molecule has 1 aliphatic rings. The normalized spacial score (nSPS) is 14.2. The van der Waals surface area contributed by atoms with Crippen LogP contribution in [0.5, 0.6) is 0 Å². The van der Waals surface area contributed by atoms with E-state index in [2.05, 4.69) is 227 Å². The van der Waals surface area contributed by atoms with Crippen molar-refractivity contribution in [3.63, 3.8) is 0 Å². The van der Waals surface area contributed by atoms with E-state index in [-0.39, 0.29) is 6.04 Å². The SMILES string of the molecule is C1=C(c2ccccc2)N=C(c2cccc3oc4cc(-n5c6ccccc6c6cc(-c7ccc8c(c7)c7ccccc7n8-c7ccccc7)ccc65)ccc4c23)NC1c1ccccc1. The molecule has 0 amide bonds. The minimum Gasteiger partial charge on any atom is -0.456 e. The van der Waals surface area contributed by atoms with E-state index in [0.29, 0.717) is 0 Å². The molecular weight excluding hydrogens is 769 g/mol. The molecule has 12 aromatic rings. The van der Waals surface area contributed by atoms with Gasteiger partial charge in [0.25, 0.3) is 0 Å². The zero-order chi connectivity index (χ0) is 41.4. The van der Waals surface area contributed by atoms with Gasteiger partial charge in [0.05, 0.1) is 33.8 Å². The molecular formula is C58H38N4O. The largest absolute Gasteiger partial charge is 0.456 e. The second-order valence-electron chi connectivity index (χ2n) is 16.4. The molecule has 3 aromatic heterocycles. The van der Waals surface area contributed by atoms with Gasteiger partial charge in [0.2, 0.25) is 0 Å². The predicted octanol–water partition coefficient (Wildman–Crippen LogP) is 14.6. The molecule has 0 saturated heterocycles. The van der Waals surface area contributed by atoms with Gasteiger partial charge in [-0.1, -0.05) is 140 Å². The van der Waals surface area contributed by atoms with Crippen molar-refractivity contribution in [1.29, 1.82) is 0 Å². The molecule has 0 bridgehead atoms. The maximum Gasteiger partial charge on any atom is 0.137 e. The highest BCUT2D eigenvalue weighted by atomic mass is 16.3. The molecule has 296 valence electrons.